The third kappa shape index (κ3) is 2.69. The predicted octanol–water partition coefficient (Wildman–Crippen LogP) is 2.97. The predicted molar refractivity (Wildman–Crippen MR) is 79.7 cm³/mol. The molecule has 19 heavy (non-hydrogen) atoms. The summed E-state index contributed by atoms with van der Waals surface area (Å²) >= 11 is 3.48. The molecule has 3 rings (SSSR count). The molecule has 0 saturated heterocycles. The summed E-state index contributed by atoms with van der Waals surface area (Å²) in [6, 6.07) is 8.10. The van der Waals surface area contributed by atoms with Gasteiger partial charge in [-0.3, -0.25) is 0 Å². The van der Waals surface area contributed by atoms with E-state index in [0.29, 0.717) is 5.92 Å². The van der Waals surface area contributed by atoms with Gasteiger partial charge in [0.15, 0.2) is 5.82 Å². The standard InChI is InChI=1S/C15H16BrN3/c16-13-3-1-2-11(7-13)15-18-9-12-6-10(8-17)4-5-14(12)19-15/h1-3,7,9-10H,4-6,8,17H2. The number of hydrogen-bond donors (Lipinski definition) is 1. The Kier molecular flexibility index (Phi) is 3.62. The van der Waals surface area contributed by atoms with Gasteiger partial charge in [0.2, 0.25) is 0 Å². The first kappa shape index (κ1) is 12.8. The van der Waals surface area contributed by atoms with Crippen molar-refractivity contribution in [3.8, 4) is 11.4 Å². The smallest absolute Gasteiger partial charge is 0.159 e. The van der Waals surface area contributed by atoms with Crippen molar-refractivity contribution in [2.45, 2.75) is 19.3 Å². The lowest BCUT2D eigenvalue weighted by molar-refractivity contribution is 0.462. The van der Waals surface area contributed by atoms with Crippen LogP contribution in [0.25, 0.3) is 11.4 Å². The van der Waals surface area contributed by atoms with Gasteiger partial charge in [-0.15, -0.1) is 0 Å². The molecule has 4 heteroatoms. The number of aryl methyl sites for hydroxylation is 1. The van der Waals surface area contributed by atoms with Crippen molar-refractivity contribution >= 4 is 15.9 Å². The largest absolute Gasteiger partial charge is 0.330 e. The maximum atomic E-state index is 5.75. The molecule has 1 unspecified atom stereocenters. The van der Waals surface area contributed by atoms with E-state index in [9.17, 15) is 0 Å². The van der Waals surface area contributed by atoms with E-state index in [1.54, 1.807) is 0 Å². The normalized spacial score (nSPS) is 18.1. The number of aromatic nitrogens is 2. The van der Waals surface area contributed by atoms with Gasteiger partial charge in [-0.1, -0.05) is 28.1 Å². The molecule has 0 spiro atoms. The molecule has 0 amide bonds. The van der Waals surface area contributed by atoms with Gasteiger partial charge < -0.3 is 5.73 Å². The van der Waals surface area contributed by atoms with Crippen LogP contribution in [-0.4, -0.2) is 16.5 Å². The van der Waals surface area contributed by atoms with Crippen molar-refractivity contribution in [2.24, 2.45) is 11.7 Å². The minimum atomic E-state index is 0.591. The number of halogens is 1. The molecule has 2 aromatic rings. The summed E-state index contributed by atoms with van der Waals surface area (Å²) in [4.78, 5) is 9.22. The lowest BCUT2D eigenvalue weighted by Gasteiger charge is -2.22. The molecule has 1 aliphatic rings. The number of fused-ring (bicyclic) bond motifs is 1. The molecule has 1 aromatic heterocycles. The highest BCUT2D eigenvalue weighted by molar-refractivity contribution is 9.10. The maximum absolute atomic E-state index is 5.75. The number of hydrogen-bond acceptors (Lipinski definition) is 3. The van der Waals surface area contributed by atoms with Crippen molar-refractivity contribution in [3.05, 3.63) is 46.2 Å². The summed E-state index contributed by atoms with van der Waals surface area (Å²) in [5.74, 6) is 1.40. The molecule has 1 atom stereocenters. The molecule has 1 heterocycles. The van der Waals surface area contributed by atoms with Crippen LogP contribution in [0.5, 0.6) is 0 Å². The summed E-state index contributed by atoms with van der Waals surface area (Å²) < 4.78 is 1.05. The highest BCUT2D eigenvalue weighted by Crippen LogP contribution is 2.26. The molecule has 1 aliphatic carbocycles. The molecule has 98 valence electrons. The lowest BCUT2D eigenvalue weighted by Crippen LogP contribution is -2.23. The Balaban J connectivity index is 1.94. The van der Waals surface area contributed by atoms with Gasteiger partial charge in [-0.2, -0.15) is 0 Å². The van der Waals surface area contributed by atoms with E-state index in [1.165, 1.54) is 11.3 Å². The van der Waals surface area contributed by atoms with E-state index in [-0.39, 0.29) is 0 Å². The summed E-state index contributed by atoms with van der Waals surface area (Å²) in [6.45, 7) is 0.757. The third-order valence-corrected chi connectivity index (χ3v) is 4.16. The second kappa shape index (κ2) is 5.39. The van der Waals surface area contributed by atoms with E-state index in [1.807, 2.05) is 30.5 Å². The van der Waals surface area contributed by atoms with Crippen LogP contribution in [0, 0.1) is 5.92 Å². The summed E-state index contributed by atoms with van der Waals surface area (Å²) in [5, 5.41) is 0. The van der Waals surface area contributed by atoms with Gasteiger partial charge in [0.05, 0.1) is 0 Å². The molecule has 0 fully saturated rings. The van der Waals surface area contributed by atoms with Crippen LogP contribution in [0.15, 0.2) is 34.9 Å². The minimum absolute atomic E-state index is 0.591. The summed E-state index contributed by atoms with van der Waals surface area (Å²) in [5.41, 5.74) is 9.26. The molecular weight excluding hydrogens is 302 g/mol. The molecule has 3 nitrogen and oxygen atoms in total. The zero-order chi connectivity index (χ0) is 13.2. The van der Waals surface area contributed by atoms with Crippen molar-refractivity contribution in [1.82, 2.24) is 9.97 Å². The highest BCUT2D eigenvalue weighted by Gasteiger charge is 2.19. The molecular formula is C15H16BrN3. The maximum Gasteiger partial charge on any atom is 0.159 e. The third-order valence-electron chi connectivity index (χ3n) is 3.67. The molecule has 1 aromatic carbocycles. The van der Waals surface area contributed by atoms with Crippen LogP contribution in [-0.2, 0) is 12.8 Å². The van der Waals surface area contributed by atoms with Gasteiger partial charge >= 0.3 is 0 Å². The highest BCUT2D eigenvalue weighted by atomic mass is 79.9. The summed E-state index contributed by atoms with van der Waals surface area (Å²) in [6.07, 6.45) is 5.14. The molecule has 2 N–H and O–H groups in total. The van der Waals surface area contributed by atoms with E-state index in [0.717, 1.165) is 41.7 Å². The Morgan fingerprint density at radius 3 is 3.05 bits per heavy atom. The van der Waals surface area contributed by atoms with Crippen molar-refractivity contribution < 1.29 is 0 Å². The molecule has 0 saturated carbocycles. The Bertz CT molecular complexity index is 598. The number of benzene rings is 1. The van der Waals surface area contributed by atoms with E-state index in [4.69, 9.17) is 10.7 Å². The van der Waals surface area contributed by atoms with Gasteiger partial charge in [-0.25, -0.2) is 9.97 Å². The monoisotopic (exact) mass is 317 g/mol. The number of rotatable bonds is 2. The van der Waals surface area contributed by atoms with E-state index in [2.05, 4.69) is 20.9 Å². The topological polar surface area (TPSA) is 51.8 Å². The zero-order valence-corrected chi connectivity index (χ0v) is 12.2. The molecule has 0 aliphatic heterocycles. The second-order valence-corrected chi connectivity index (χ2v) is 5.94. The van der Waals surface area contributed by atoms with E-state index >= 15 is 0 Å². The average Bonchev–Trinajstić information content (AvgIpc) is 2.46. The van der Waals surface area contributed by atoms with Gasteiger partial charge in [0.1, 0.15) is 0 Å². The molecule has 0 bridgehead atoms. The number of nitrogens with zero attached hydrogens (tertiary/aromatic N) is 2. The van der Waals surface area contributed by atoms with Crippen LogP contribution in [0.4, 0.5) is 0 Å². The van der Waals surface area contributed by atoms with Crippen LogP contribution in [0.3, 0.4) is 0 Å². The fourth-order valence-corrected chi connectivity index (χ4v) is 2.95. The zero-order valence-electron chi connectivity index (χ0n) is 10.6. The summed E-state index contributed by atoms with van der Waals surface area (Å²) in [7, 11) is 0. The SMILES string of the molecule is NCC1CCc2nc(-c3cccc(Br)c3)ncc2C1. The fraction of sp³-hybridized carbons (Fsp3) is 0.333. The van der Waals surface area contributed by atoms with Crippen LogP contribution >= 0.6 is 15.9 Å². The minimum Gasteiger partial charge on any atom is -0.330 e. The first-order valence-corrected chi connectivity index (χ1v) is 7.36. The van der Waals surface area contributed by atoms with Crippen molar-refractivity contribution in [2.75, 3.05) is 6.54 Å². The molecule has 0 radical (unpaired) electrons. The Morgan fingerprint density at radius 1 is 1.37 bits per heavy atom. The van der Waals surface area contributed by atoms with Gasteiger partial charge in [0, 0.05) is 21.9 Å². The van der Waals surface area contributed by atoms with Crippen LogP contribution in [0.1, 0.15) is 17.7 Å². The van der Waals surface area contributed by atoms with Crippen molar-refractivity contribution in [3.63, 3.8) is 0 Å². The Morgan fingerprint density at radius 2 is 2.26 bits per heavy atom. The van der Waals surface area contributed by atoms with E-state index < -0.39 is 0 Å². The van der Waals surface area contributed by atoms with Gasteiger partial charge in [0.25, 0.3) is 0 Å². The quantitative estimate of drug-likeness (QED) is 0.926. The van der Waals surface area contributed by atoms with Crippen LogP contribution in [0.2, 0.25) is 0 Å². The van der Waals surface area contributed by atoms with Crippen LogP contribution < -0.4 is 5.73 Å². The Hall–Kier alpha value is -1.26. The first-order chi connectivity index (χ1) is 9.26. The Labute approximate surface area is 121 Å². The average molecular weight is 318 g/mol. The van der Waals surface area contributed by atoms with Crippen molar-refractivity contribution in [1.29, 1.82) is 0 Å². The first-order valence-electron chi connectivity index (χ1n) is 6.57. The lowest BCUT2D eigenvalue weighted by atomic mass is 9.87. The fourth-order valence-electron chi connectivity index (χ4n) is 2.55. The number of nitrogens with two attached hydrogens (primary N) is 1. The second-order valence-electron chi connectivity index (χ2n) is 5.02. The van der Waals surface area contributed by atoms with Gasteiger partial charge in [-0.05, 0) is 49.4 Å².